The van der Waals surface area contributed by atoms with Gasteiger partial charge in [-0.3, -0.25) is 4.79 Å². The summed E-state index contributed by atoms with van der Waals surface area (Å²) in [5.74, 6) is 2.88. The van der Waals surface area contributed by atoms with Crippen molar-refractivity contribution >= 4 is 23.2 Å². The van der Waals surface area contributed by atoms with E-state index in [1.54, 1.807) is 18.6 Å². The number of hydrogen-bond acceptors (Lipinski definition) is 6. The first-order valence-corrected chi connectivity index (χ1v) is 8.98. The van der Waals surface area contributed by atoms with E-state index in [-0.39, 0.29) is 22.9 Å². The summed E-state index contributed by atoms with van der Waals surface area (Å²) in [6, 6.07) is 7.33. The zero-order valence-corrected chi connectivity index (χ0v) is 14.8. The molecule has 1 N–H and O–H groups in total. The lowest BCUT2D eigenvalue weighted by atomic mass is 10.1. The third kappa shape index (κ3) is 3.80. The zero-order valence-electron chi connectivity index (χ0n) is 14.1. The number of aryl methyl sites for hydroxylation is 1. The number of nitrogens with one attached hydrogen (secondary N) is 1. The van der Waals surface area contributed by atoms with E-state index in [2.05, 4.69) is 15.3 Å². The van der Waals surface area contributed by atoms with Crippen LogP contribution >= 0.6 is 11.6 Å². The molecule has 0 atom stereocenters. The Morgan fingerprint density at radius 2 is 1.88 bits per heavy atom. The number of rotatable bonds is 8. The van der Waals surface area contributed by atoms with Crippen molar-refractivity contribution in [1.29, 1.82) is 0 Å². The van der Waals surface area contributed by atoms with E-state index >= 15 is 0 Å². The second kappa shape index (κ2) is 7.33. The van der Waals surface area contributed by atoms with E-state index in [9.17, 15) is 4.79 Å². The summed E-state index contributed by atoms with van der Waals surface area (Å²) in [5.41, 5.74) is 0.275. The molecule has 1 saturated carbocycles. The highest BCUT2D eigenvalue weighted by Crippen LogP contribution is 2.40. The Kier molecular flexibility index (Phi) is 4.75. The van der Waals surface area contributed by atoms with Crippen molar-refractivity contribution in [3.63, 3.8) is 0 Å². The molecule has 3 aromatic heterocycles. The Hall–Kier alpha value is -2.60. The van der Waals surface area contributed by atoms with Gasteiger partial charge < -0.3 is 14.2 Å². The normalized spacial score (nSPS) is 13.7. The van der Waals surface area contributed by atoms with Crippen LogP contribution in [0.1, 0.15) is 53.0 Å². The maximum absolute atomic E-state index is 12.7. The summed E-state index contributed by atoms with van der Waals surface area (Å²) < 4.78 is 10.6. The monoisotopic (exact) mass is 371 g/mol. The second-order valence-electron chi connectivity index (χ2n) is 6.30. The highest BCUT2D eigenvalue weighted by atomic mass is 35.5. The van der Waals surface area contributed by atoms with Gasteiger partial charge in [-0.2, -0.15) is 0 Å². The van der Waals surface area contributed by atoms with Gasteiger partial charge in [-0.15, -0.1) is 0 Å². The van der Waals surface area contributed by atoms with Crippen LogP contribution in [0.2, 0.25) is 5.02 Å². The first-order chi connectivity index (χ1) is 12.7. The molecular weight excluding hydrogens is 354 g/mol. The number of furan rings is 2. The van der Waals surface area contributed by atoms with E-state index in [0.29, 0.717) is 30.5 Å². The highest BCUT2D eigenvalue weighted by molar-refractivity contribution is 6.35. The van der Waals surface area contributed by atoms with Crippen LogP contribution in [-0.4, -0.2) is 15.8 Å². The molecular formula is C19H18ClN3O3. The largest absolute Gasteiger partial charge is 0.469 e. The molecule has 0 aromatic carbocycles. The van der Waals surface area contributed by atoms with Crippen LogP contribution in [0.5, 0.6) is 0 Å². The molecule has 0 saturated heterocycles. The summed E-state index contributed by atoms with van der Waals surface area (Å²) in [6.45, 7) is 0.438. The molecule has 1 aliphatic carbocycles. The fraction of sp³-hybridized carbons (Fsp3) is 0.316. The van der Waals surface area contributed by atoms with E-state index in [0.717, 1.165) is 24.4 Å². The molecule has 0 bridgehead atoms. The fourth-order valence-corrected chi connectivity index (χ4v) is 2.94. The fourth-order valence-electron chi connectivity index (χ4n) is 2.68. The molecule has 3 aromatic rings. The summed E-state index contributed by atoms with van der Waals surface area (Å²) in [5, 5.41) is 3.41. The number of Topliss-reactive ketones (excluding diaryl/α,β-unsaturated/α-hetero) is 1. The van der Waals surface area contributed by atoms with Gasteiger partial charge in [0.2, 0.25) is 0 Å². The minimum atomic E-state index is -0.114. The summed E-state index contributed by atoms with van der Waals surface area (Å²) in [7, 11) is 0. The van der Waals surface area contributed by atoms with Gasteiger partial charge in [0, 0.05) is 18.8 Å². The Labute approximate surface area is 155 Å². The molecule has 0 spiro atoms. The van der Waals surface area contributed by atoms with E-state index < -0.39 is 0 Å². The van der Waals surface area contributed by atoms with Gasteiger partial charge in [0.1, 0.15) is 33.9 Å². The first kappa shape index (κ1) is 16.8. The van der Waals surface area contributed by atoms with Crippen molar-refractivity contribution in [2.24, 2.45) is 0 Å². The van der Waals surface area contributed by atoms with Crippen LogP contribution in [0.25, 0.3) is 0 Å². The van der Waals surface area contributed by atoms with Crippen LogP contribution in [0.4, 0.5) is 5.82 Å². The Morgan fingerprint density at radius 1 is 1.15 bits per heavy atom. The predicted molar refractivity (Wildman–Crippen MR) is 96.4 cm³/mol. The van der Waals surface area contributed by atoms with E-state index in [1.807, 2.05) is 18.2 Å². The molecule has 1 fully saturated rings. The smallest absolute Gasteiger partial charge is 0.183 e. The van der Waals surface area contributed by atoms with Crippen molar-refractivity contribution in [3.05, 3.63) is 64.9 Å². The lowest BCUT2D eigenvalue weighted by Gasteiger charge is -2.11. The zero-order chi connectivity index (χ0) is 17.9. The number of carbonyl (C=O) groups excluding carboxylic acids is 1. The minimum absolute atomic E-state index is 0.114. The topological polar surface area (TPSA) is 81.2 Å². The molecule has 0 aliphatic heterocycles. The van der Waals surface area contributed by atoms with Gasteiger partial charge in [0.15, 0.2) is 5.78 Å². The Bertz CT molecular complexity index is 887. The maximum Gasteiger partial charge on any atom is 0.183 e. The van der Waals surface area contributed by atoms with Crippen molar-refractivity contribution in [1.82, 2.24) is 9.97 Å². The van der Waals surface area contributed by atoms with E-state index in [1.165, 1.54) is 0 Å². The predicted octanol–water partition coefficient (Wildman–Crippen LogP) is 4.62. The third-order valence-electron chi connectivity index (χ3n) is 4.26. The van der Waals surface area contributed by atoms with Gasteiger partial charge in [0.05, 0.1) is 19.1 Å². The molecule has 0 amide bonds. The quantitative estimate of drug-likeness (QED) is 0.582. The van der Waals surface area contributed by atoms with Crippen LogP contribution in [0.3, 0.4) is 0 Å². The SMILES string of the molecule is O=C(CCc1ccco1)c1nc(C2CC2)nc(NCc2ccco2)c1Cl. The Balaban J connectivity index is 1.55. The first-order valence-electron chi connectivity index (χ1n) is 8.60. The third-order valence-corrected chi connectivity index (χ3v) is 4.62. The summed E-state index contributed by atoms with van der Waals surface area (Å²) in [4.78, 5) is 21.7. The van der Waals surface area contributed by atoms with Crippen molar-refractivity contribution in [3.8, 4) is 0 Å². The van der Waals surface area contributed by atoms with Crippen molar-refractivity contribution < 1.29 is 13.6 Å². The highest BCUT2D eigenvalue weighted by Gasteiger charge is 2.29. The van der Waals surface area contributed by atoms with Crippen LogP contribution in [0.15, 0.2) is 45.6 Å². The number of carbonyl (C=O) groups is 1. The molecule has 1 aliphatic rings. The Morgan fingerprint density at radius 3 is 2.54 bits per heavy atom. The van der Waals surface area contributed by atoms with Crippen molar-refractivity contribution in [2.75, 3.05) is 5.32 Å². The van der Waals surface area contributed by atoms with Crippen LogP contribution < -0.4 is 5.32 Å². The van der Waals surface area contributed by atoms with Gasteiger partial charge >= 0.3 is 0 Å². The van der Waals surface area contributed by atoms with Gasteiger partial charge in [-0.05, 0) is 37.1 Å². The molecule has 4 rings (SSSR count). The molecule has 6 nitrogen and oxygen atoms in total. The number of ketones is 1. The second-order valence-corrected chi connectivity index (χ2v) is 6.68. The summed E-state index contributed by atoms with van der Waals surface area (Å²) in [6.07, 6.45) is 6.09. The number of hydrogen-bond donors (Lipinski definition) is 1. The van der Waals surface area contributed by atoms with E-state index in [4.69, 9.17) is 20.4 Å². The van der Waals surface area contributed by atoms with Gasteiger partial charge in [-0.1, -0.05) is 11.6 Å². The van der Waals surface area contributed by atoms with Crippen LogP contribution in [0, 0.1) is 0 Å². The maximum atomic E-state index is 12.7. The molecule has 0 unspecified atom stereocenters. The van der Waals surface area contributed by atoms with Gasteiger partial charge in [-0.25, -0.2) is 9.97 Å². The molecule has 3 heterocycles. The molecule has 134 valence electrons. The van der Waals surface area contributed by atoms with Gasteiger partial charge in [0.25, 0.3) is 0 Å². The molecule has 7 heteroatoms. The average Bonchev–Trinajstić information content (AvgIpc) is 3.13. The number of anilines is 1. The lowest BCUT2D eigenvalue weighted by Crippen LogP contribution is -2.12. The number of halogens is 1. The number of nitrogens with zero attached hydrogens (tertiary/aromatic N) is 2. The number of aromatic nitrogens is 2. The average molecular weight is 372 g/mol. The van der Waals surface area contributed by atoms with Crippen LogP contribution in [-0.2, 0) is 13.0 Å². The van der Waals surface area contributed by atoms with Crippen molar-refractivity contribution in [2.45, 2.75) is 38.1 Å². The lowest BCUT2D eigenvalue weighted by molar-refractivity contribution is 0.0976. The molecule has 26 heavy (non-hydrogen) atoms. The standard InChI is InChI=1S/C19H18ClN3O3/c20-16-17(15(24)8-7-13-3-1-9-25-13)22-18(12-5-6-12)23-19(16)21-11-14-4-2-10-26-14/h1-4,9-10,12H,5-8,11H2,(H,21,22,23). The summed E-state index contributed by atoms with van der Waals surface area (Å²) >= 11 is 6.44. The minimum Gasteiger partial charge on any atom is -0.469 e. The molecule has 0 radical (unpaired) electrons.